The molecule has 3 aromatic carbocycles. The second-order valence-corrected chi connectivity index (χ2v) is 8.05. The summed E-state index contributed by atoms with van der Waals surface area (Å²) in [4.78, 5) is 24.8. The molecule has 0 bridgehead atoms. The summed E-state index contributed by atoms with van der Waals surface area (Å²) in [5.74, 6) is -0.700. The maximum atomic E-state index is 12.9. The van der Waals surface area contributed by atoms with Crippen LogP contribution in [0.2, 0.25) is 0 Å². The molecular formula is C28H24F3N3O4. The number of anilines is 2. The Balaban J connectivity index is 1.72. The number of hydrogen-bond acceptors (Lipinski definition) is 5. The highest BCUT2D eigenvalue weighted by Gasteiger charge is 2.30. The number of carbonyl (C=O) groups is 2. The smallest absolute Gasteiger partial charge is 0.416 e. The van der Waals surface area contributed by atoms with Crippen molar-refractivity contribution in [1.82, 2.24) is 0 Å². The first kappa shape index (κ1) is 27.8. The molecule has 0 spiro atoms. The Hall–Kier alpha value is -4.78. The van der Waals surface area contributed by atoms with Crippen molar-refractivity contribution in [3.63, 3.8) is 0 Å². The summed E-state index contributed by atoms with van der Waals surface area (Å²) < 4.78 is 50.0. The fourth-order valence-corrected chi connectivity index (χ4v) is 3.35. The molecule has 0 saturated heterocycles. The van der Waals surface area contributed by atoms with Gasteiger partial charge in [-0.05, 0) is 73.5 Å². The standard InChI is InChI=1S/C28H24F3N3O4/c1-3-37-25-14-19(10-11-24(25)38-17-26(35)33-22-8-4-6-18(2)12-22)13-20(16-32)27(36)34-23-9-5-7-21(15-23)28(29,30)31/h4-15H,3,17H2,1-2H3,(H,33,35)(H,34,36)/b20-13+. The second-order valence-electron chi connectivity index (χ2n) is 8.05. The van der Waals surface area contributed by atoms with Crippen LogP contribution in [0.4, 0.5) is 24.5 Å². The van der Waals surface area contributed by atoms with Crippen LogP contribution in [0.15, 0.2) is 72.3 Å². The normalized spacial score (nSPS) is 11.3. The molecule has 0 heterocycles. The Morgan fingerprint density at radius 1 is 0.947 bits per heavy atom. The average Bonchev–Trinajstić information content (AvgIpc) is 2.86. The van der Waals surface area contributed by atoms with Gasteiger partial charge in [-0.2, -0.15) is 18.4 Å². The summed E-state index contributed by atoms with van der Waals surface area (Å²) >= 11 is 0. The molecule has 196 valence electrons. The molecule has 0 aromatic heterocycles. The lowest BCUT2D eigenvalue weighted by Crippen LogP contribution is -2.20. The summed E-state index contributed by atoms with van der Waals surface area (Å²) in [6, 6.07) is 17.7. The molecule has 2 amide bonds. The summed E-state index contributed by atoms with van der Waals surface area (Å²) in [7, 11) is 0. The third-order valence-corrected chi connectivity index (χ3v) is 5.05. The lowest BCUT2D eigenvalue weighted by molar-refractivity contribution is -0.137. The van der Waals surface area contributed by atoms with Gasteiger partial charge in [0.1, 0.15) is 11.6 Å². The summed E-state index contributed by atoms with van der Waals surface area (Å²) in [5.41, 5.74) is 0.663. The van der Waals surface area contributed by atoms with Crippen molar-refractivity contribution < 1.29 is 32.2 Å². The molecule has 0 aliphatic rings. The Kier molecular flexibility index (Phi) is 9.11. The van der Waals surface area contributed by atoms with Crippen molar-refractivity contribution in [1.29, 1.82) is 5.26 Å². The van der Waals surface area contributed by atoms with Crippen LogP contribution in [0, 0.1) is 18.3 Å². The molecule has 0 saturated carbocycles. The lowest BCUT2D eigenvalue weighted by atomic mass is 10.1. The zero-order chi connectivity index (χ0) is 27.7. The van der Waals surface area contributed by atoms with Crippen molar-refractivity contribution >= 4 is 29.3 Å². The topological polar surface area (TPSA) is 100 Å². The summed E-state index contributed by atoms with van der Waals surface area (Å²) in [5, 5.41) is 14.5. The van der Waals surface area contributed by atoms with Gasteiger partial charge in [-0.3, -0.25) is 9.59 Å². The largest absolute Gasteiger partial charge is 0.490 e. The van der Waals surface area contributed by atoms with E-state index in [0.717, 1.165) is 23.8 Å². The summed E-state index contributed by atoms with van der Waals surface area (Å²) in [6.45, 7) is 3.65. The number of rotatable bonds is 9. The number of nitrogens with zero attached hydrogens (tertiary/aromatic N) is 1. The molecule has 0 fully saturated rings. The first-order valence-electron chi connectivity index (χ1n) is 11.5. The Bertz CT molecular complexity index is 1390. The number of carbonyl (C=O) groups excluding carboxylic acids is 2. The fourth-order valence-electron chi connectivity index (χ4n) is 3.35. The molecule has 0 aliphatic heterocycles. The summed E-state index contributed by atoms with van der Waals surface area (Å²) in [6.07, 6.45) is -3.31. The van der Waals surface area contributed by atoms with E-state index in [1.807, 2.05) is 25.1 Å². The number of benzene rings is 3. The Labute approximate surface area is 217 Å². The van der Waals surface area contributed by atoms with E-state index in [1.165, 1.54) is 24.3 Å². The van der Waals surface area contributed by atoms with Gasteiger partial charge in [0.25, 0.3) is 11.8 Å². The fraction of sp³-hybridized carbons (Fsp3) is 0.179. The van der Waals surface area contributed by atoms with Crippen LogP contribution >= 0.6 is 0 Å². The highest BCUT2D eigenvalue weighted by Crippen LogP contribution is 2.31. The van der Waals surface area contributed by atoms with Gasteiger partial charge < -0.3 is 20.1 Å². The quantitative estimate of drug-likeness (QED) is 0.266. The lowest BCUT2D eigenvalue weighted by Gasteiger charge is -2.13. The van der Waals surface area contributed by atoms with Crippen LogP contribution in [0.25, 0.3) is 6.08 Å². The zero-order valence-corrected chi connectivity index (χ0v) is 20.6. The average molecular weight is 524 g/mol. The molecule has 10 heteroatoms. The number of nitrogens with one attached hydrogen (secondary N) is 2. The van der Waals surface area contributed by atoms with Gasteiger partial charge in [-0.1, -0.05) is 24.3 Å². The minimum atomic E-state index is -4.57. The Morgan fingerprint density at radius 2 is 1.66 bits per heavy atom. The molecule has 38 heavy (non-hydrogen) atoms. The van der Waals surface area contributed by atoms with E-state index >= 15 is 0 Å². The van der Waals surface area contributed by atoms with Crippen molar-refractivity contribution in [2.24, 2.45) is 0 Å². The number of aryl methyl sites for hydroxylation is 1. The zero-order valence-electron chi connectivity index (χ0n) is 20.6. The highest BCUT2D eigenvalue weighted by atomic mass is 19.4. The van der Waals surface area contributed by atoms with Gasteiger partial charge in [-0.25, -0.2) is 0 Å². The monoisotopic (exact) mass is 523 g/mol. The number of halogens is 3. The van der Waals surface area contributed by atoms with Gasteiger partial charge in [-0.15, -0.1) is 0 Å². The Morgan fingerprint density at radius 3 is 2.32 bits per heavy atom. The van der Waals surface area contributed by atoms with E-state index in [4.69, 9.17) is 9.47 Å². The maximum Gasteiger partial charge on any atom is 0.416 e. The maximum absolute atomic E-state index is 12.9. The van der Waals surface area contributed by atoms with E-state index in [2.05, 4.69) is 10.6 Å². The molecule has 0 aliphatic carbocycles. The molecule has 2 N–H and O–H groups in total. The molecule has 0 atom stereocenters. The van der Waals surface area contributed by atoms with Crippen LogP contribution in [0.5, 0.6) is 11.5 Å². The molecule has 3 aromatic rings. The number of hydrogen-bond donors (Lipinski definition) is 2. The van der Waals surface area contributed by atoms with Gasteiger partial charge in [0.05, 0.1) is 12.2 Å². The van der Waals surface area contributed by atoms with E-state index in [-0.39, 0.29) is 41.9 Å². The van der Waals surface area contributed by atoms with Crippen LogP contribution < -0.4 is 20.1 Å². The minimum Gasteiger partial charge on any atom is -0.490 e. The van der Waals surface area contributed by atoms with Gasteiger partial charge >= 0.3 is 6.18 Å². The third-order valence-electron chi connectivity index (χ3n) is 5.05. The van der Waals surface area contributed by atoms with Crippen molar-refractivity contribution in [3.05, 3.63) is 89.0 Å². The minimum absolute atomic E-state index is 0.103. The first-order valence-corrected chi connectivity index (χ1v) is 11.5. The van der Waals surface area contributed by atoms with Crippen molar-refractivity contribution in [2.45, 2.75) is 20.0 Å². The van der Waals surface area contributed by atoms with E-state index in [0.29, 0.717) is 11.3 Å². The molecular weight excluding hydrogens is 499 g/mol. The van der Waals surface area contributed by atoms with E-state index < -0.39 is 17.6 Å². The van der Waals surface area contributed by atoms with Gasteiger partial charge in [0, 0.05) is 11.4 Å². The number of ether oxygens (including phenoxy) is 2. The first-order chi connectivity index (χ1) is 18.1. The second kappa shape index (κ2) is 12.5. The van der Waals surface area contributed by atoms with Crippen LogP contribution in [-0.2, 0) is 15.8 Å². The van der Waals surface area contributed by atoms with Crippen molar-refractivity contribution in [2.75, 3.05) is 23.8 Å². The molecule has 3 rings (SSSR count). The number of nitriles is 1. The molecule has 7 nitrogen and oxygen atoms in total. The third kappa shape index (κ3) is 7.86. The molecule has 0 radical (unpaired) electrons. The predicted molar refractivity (Wildman–Crippen MR) is 137 cm³/mol. The molecule has 0 unspecified atom stereocenters. The SMILES string of the molecule is CCOc1cc(/C=C(\C#N)C(=O)Nc2cccc(C(F)(F)F)c2)ccc1OCC(=O)Nc1cccc(C)c1. The van der Waals surface area contributed by atoms with Crippen molar-refractivity contribution in [3.8, 4) is 17.6 Å². The van der Waals surface area contributed by atoms with Gasteiger partial charge in [0.15, 0.2) is 18.1 Å². The van der Waals surface area contributed by atoms with E-state index in [1.54, 1.807) is 25.1 Å². The highest BCUT2D eigenvalue weighted by molar-refractivity contribution is 6.09. The predicted octanol–water partition coefficient (Wildman–Crippen LogP) is 5.98. The van der Waals surface area contributed by atoms with Crippen LogP contribution in [-0.4, -0.2) is 25.0 Å². The van der Waals surface area contributed by atoms with E-state index in [9.17, 15) is 28.0 Å². The van der Waals surface area contributed by atoms with Gasteiger partial charge in [0.2, 0.25) is 0 Å². The number of alkyl halides is 3. The van der Waals surface area contributed by atoms with Crippen LogP contribution in [0.3, 0.4) is 0 Å². The number of amides is 2. The van der Waals surface area contributed by atoms with Crippen LogP contribution in [0.1, 0.15) is 23.6 Å².